The van der Waals surface area contributed by atoms with E-state index in [1.807, 2.05) is 6.92 Å². The van der Waals surface area contributed by atoms with Crippen LogP contribution in [0.3, 0.4) is 0 Å². The molecule has 2 atom stereocenters. The first kappa shape index (κ1) is 17.5. The van der Waals surface area contributed by atoms with E-state index in [0.29, 0.717) is 23.8 Å². The van der Waals surface area contributed by atoms with Crippen molar-refractivity contribution >= 4 is 27.3 Å². The molecule has 2 aliphatic heterocycles. The van der Waals surface area contributed by atoms with Gasteiger partial charge in [0.25, 0.3) is 5.91 Å². The molecule has 24 heavy (non-hydrogen) atoms. The highest BCUT2D eigenvalue weighted by molar-refractivity contribution is 7.92. The first-order chi connectivity index (χ1) is 11.4. The molecule has 0 bridgehead atoms. The highest BCUT2D eigenvalue weighted by Crippen LogP contribution is 2.27. The lowest BCUT2D eigenvalue weighted by Crippen LogP contribution is -2.60. The molecule has 2 heterocycles. The van der Waals surface area contributed by atoms with Crippen molar-refractivity contribution in [1.82, 2.24) is 4.90 Å². The summed E-state index contributed by atoms with van der Waals surface area (Å²) in [6.45, 7) is 2.58. The molecule has 1 aromatic carbocycles. The number of fused-ring (bicyclic) bond motifs is 1. The normalized spacial score (nSPS) is 25.8. The van der Waals surface area contributed by atoms with Crippen LogP contribution in [0.4, 0.5) is 0 Å². The maximum atomic E-state index is 12.6. The predicted molar refractivity (Wildman–Crippen MR) is 90.2 cm³/mol. The van der Waals surface area contributed by atoms with E-state index in [0.717, 1.165) is 5.56 Å². The zero-order valence-corrected chi connectivity index (χ0v) is 15.0. The fraction of sp³-hybridized carbons (Fsp3) is 0.562. The van der Waals surface area contributed by atoms with E-state index in [4.69, 9.17) is 21.1 Å². The molecule has 0 N–H and O–H groups in total. The molecule has 0 unspecified atom stereocenters. The zero-order chi connectivity index (χ0) is 17.3. The molecule has 0 spiro atoms. The molecule has 0 saturated carbocycles. The van der Waals surface area contributed by atoms with Gasteiger partial charge in [0, 0.05) is 18.2 Å². The van der Waals surface area contributed by atoms with Gasteiger partial charge in [-0.3, -0.25) is 4.79 Å². The summed E-state index contributed by atoms with van der Waals surface area (Å²) >= 11 is 5.91. The van der Waals surface area contributed by atoms with Crippen molar-refractivity contribution in [2.24, 2.45) is 0 Å². The Morgan fingerprint density at radius 3 is 3.00 bits per heavy atom. The van der Waals surface area contributed by atoms with Crippen LogP contribution in [-0.4, -0.2) is 62.6 Å². The molecule has 0 radical (unpaired) electrons. The lowest BCUT2D eigenvalue weighted by atomic mass is 10.1. The molecule has 1 amide bonds. The Morgan fingerprint density at radius 1 is 1.46 bits per heavy atom. The summed E-state index contributed by atoms with van der Waals surface area (Å²) in [5.74, 6) is 0.375. The van der Waals surface area contributed by atoms with Gasteiger partial charge in [-0.1, -0.05) is 11.6 Å². The molecule has 8 heteroatoms. The fourth-order valence-electron chi connectivity index (χ4n) is 3.25. The van der Waals surface area contributed by atoms with E-state index in [2.05, 4.69) is 0 Å². The Balaban J connectivity index is 1.68. The van der Waals surface area contributed by atoms with Crippen molar-refractivity contribution in [3.8, 4) is 5.75 Å². The Morgan fingerprint density at radius 2 is 2.25 bits per heavy atom. The van der Waals surface area contributed by atoms with E-state index < -0.39 is 15.1 Å². The number of rotatable bonds is 3. The van der Waals surface area contributed by atoms with E-state index in [1.165, 1.54) is 0 Å². The first-order valence-electron chi connectivity index (χ1n) is 7.86. The van der Waals surface area contributed by atoms with Crippen LogP contribution < -0.4 is 4.74 Å². The molecule has 2 saturated heterocycles. The number of hydrogen-bond donors (Lipinski definition) is 0. The smallest absolute Gasteiger partial charge is 0.260 e. The molecular formula is C16H20ClNO5S. The van der Waals surface area contributed by atoms with Crippen LogP contribution in [0.15, 0.2) is 18.2 Å². The monoisotopic (exact) mass is 373 g/mol. The van der Waals surface area contributed by atoms with Crippen molar-refractivity contribution in [2.45, 2.75) is 24.6 Å². The maximum Gasteiger partial charge on any atom is 0.260 e. The Labute approximate surface area is 146 Å². The van der Waals surface area contributed by atoms with Crippen LogP contribution in [0.2, 0.25) is 5.02 Å². The lowest BCUT2D eigenvalue weighted by molar-refractivity contribution is -0.137. The SMILES string of the molecule is Cc1cc(Cl)ccc1OCC(=O)N1CCS(=O)(=O)[C@@H]2COCC[C@H]21. The van der Waals surface area contributed by atoms with Crippen molar-refractivity contribution < 1.29 is 22.7 Å². The van der Waals surface area contributed by atoms with Gasteiger partial charge < -0.3 is 14.4 Å². The average molecular weight is 374 g/mol. The number of amides is 1. The van der Waals surface area contributed by atoms with Crippen molar-refractivity contribution in [3.63, 3.8) is 0 Å². The standard InChI is InChI=1S/C16H20ClNO5S/c1-11-8-12(17)2-3-14(11)23-10-16(19)18-5-7-24(20,21)15-9-22-6-4-13(15)18/h2-3,8,13,15H,4-7,9-10H2,1H3/t13-,15-/m1/s1. The van der Waals surface area contributed by atoms with Crippen LogP contribution in [0.25, 0.3) is 0 Å². The minimum atomic E-state index is -3.20. The summed E-state index contributed by atoms with van der Waals surface area (Å²) in [7, 11) is -3.20. The average Bonchev–Trinajstić information content (AvgIpc) is 2.54. The van der Waals surface area contributed by atoms with Gasteiger partial charge in [0.15, 0.2) is 16.4 Å². The van der Waals surface area contributed by atoms with E-state index >= 15 is 0 Å². The van der Waals surface area contributed by atoms with E-state index in [-0.39, 0.29) is 37.5 Å². The molecule has 2 aliphatic rings. The first-order valence-corrected chi connectivity index (χ1v) is 9.95. The van der Waals surface area contributed by atoms with Gasteiger partial charge in [-0.25, -0.2) is 8.42 Å². The molecule has 0 aliphatic carbocycles. The number of nitrogens with zero attached hydrogens (tertiary/aromatic N) is 1. The maximum absolute atomic E-state index is 12.6. The third-order valence-corrected chi connectivity index (χ3v) is 6.92. The van der Waals surface area contributed by atoms with Gasteiger partial charge in [-0.2, -0.15) is 0 Å². The summed E-state index contributed by atoms with van der Waals surface area (Å²) in [5, 5.41) is -0.0151. The van der Waals surface area contributed by atoms with Crippen LogP contribution in [-0.2, 0) is 19.4 Å². The number of hydrogen-bond acceptors (Lipinski definition) is 5. The second-order valence-corrected chi connectivity index (χ2v) is 8.90. The summed E-state index contributed by atoms with van der Waals surface area (Å²) in [4.78, 5) is 14.2. The molecule has 0 aromatic heterocycles. The summed E-state index contributed by atoms with van der Waals surface area (Å²) in [6, 6.07) is 4.88. The third kappa shape index (κ3) is 3.53. The summed E-state index contributed by atoms with van der Waals surface area (Å²) in [6.07, 6.45) is 0.537. The minimum Gasteiger partial charge on any atom is -0.483 e. The summed E-state index contributed by atoms with van der Waals surface area (Å²) < 4.78 is 35.3. The van der Waals surface area contributed by atoms with Gasteiger partial charge >= 0.3 is 0 Å². The highest BCUT2D eigenvalue weighted by Gasteiger charge is 2.45. The molecule has 2 fully saturated rings. The van der Waals surface area contributed by atoms with Gasteiger partial charge in [0.1, 0.15) is 11.0 Å². The molecule has 3 rings (SSSR count). The van der Waals surface area contributed by atoms with Crippen molar-refractivity contribution in [3.05, 3.63) is 28.8 Å². The van der Waals surface area contributed by atoms with Crippen molar-refractivity contribution in [1.29, 1.82) is 0 Å². The van der Waals surface area contributed by atoms with Gasteiger partial charge in [-0.05, 0) is 37.1 Å². The molecule has 1 aromatic rings. The van der Waals surface area contributed by atoms with Crippen molar-refractivity contribution in [2.75, 3.05) is 32.1 Å². The lowest BCUT2D eigenvalue weighted by Gasteiger charge is -2.43. The number of halogens is 1. The Bertz CT molecular complexity index is 736. The number of carbonyl (C=O) groups is 1. The minimum absolute atomic E-state index is 0.0246. The van der Waals surface area contributed by atoms with E-state index in [9.17, 15) is 13.2 Å². The second kappa shape index (κ2) is 6.90. The number of sulfone groups is 1. The highest BCUT2D eigenvalue weighted by atomic mass is 35.5. The molecule has 132 valence electrons. The Hall–Kier alpha value is -1.31. The fourth-order valence-corrected chi connectivity index (χ4v) is 5.30. The summed E-state index contributed by atoms with van der Waals surface area (Å²) in [5.41, 5.74) is 0.848. The number of benzene rings is 1. The van der Waals surface area contributed by atoms with Crippen LogP contribution in [0.5, 0.6) is 5.75 Å². The van der Waals surface area contributed by atoms with Crippen LogP contribution >= 0.6 is 11.6 Å². The second-order valence-electron chi connectivity index (χ2n) is 6.12. The van der Waals surface area contributed by atoms with Gasteiger partial charge in [0.2, 0.25) is 0 Å². The Kier molecular flexibility index (Phi) is 5.03. The largest absolute Gasteiger partial charge is 0.483 e. The molecular weight excluding hydrogens is 354 g/mol. The third-order valence-electron chi connectivity index (χ3n) is 4.56. The predicted octanol–water partition coefficient (Wildman–Crippen LogP) is 1.44. The van der Waals surface area contributed by atoms with Crippen LogP contribution in [0.1, 0.15) is 12.0 Å². The number of carbonyl (C=O) groups excluding carboxylic acids is 1. The van der Waals surface area contributed by atoms with Gasteiger partial charge in [0.05, 0.1) is 18.4 Å². The van der Waals surface area contributed by atoms with Crippen LogP contribution in [0, 0.1) is 6.92 Å². The molecule has 6 nitrogen and oxygen atoms in total. The number of ether oxygens (including phenoxy) is 2. The quantitative estimate of drug-likeness (QED) is 0.801. The van der Waals surface area contributed by atoms with Gasteiger partial charge in [-0.15, -0.1) is 0 Å². The zero-order valence-electron chi connectivity index (χ0n) is 13.4. The number of aryl methyl sites for hydroxylation is 1. The van der Waals surface area contributed by atoms with E-state index in [1.54, 1.807) is 23.1 Å². The topological polar surface area (TPSA) is 72.9 Å².